The van der Waals surface area contributed by atoms with E-state index in [0.29, 0.717) is 53.1 Å². The number of anilines is 1. The lowest BCUT2D eigenvalue weighted by atomic mass is 10.0. The van der Waals surface area contributed by atoms with Gasteiger partial charge in [-0.25, -0.2) is 4.98 Å². The maximum Gasteiger partial charge on any atom is 0.435 e. The lowest BCUT2D eigenvalue weighted by Gasteiger charge is -2.16. The molecule has 4 bridgehead atoms. The minimum Gasteiger partial charge on any atom is -0.383 e. The number of nitrogens with zero attached hydrogens (tertiary/aromatic N) is 6. The maximum absolute atomic E-state index is 13.8. The highest BCUT2D eigenvalue weighted by Gasteiger charge is 2.38. The van der Waals surface area contributed by atoms with Crippen LogP contribution >= 0.6 is 0 Å². The van der Waals surface area contributed by atoms with Gasteiger partial charge in [-0.05, 0) is 12.5 Å². The Morgan fingerprint density at radius 1 is 1.18 bits per heavy atom. The van der Waals surface area contributed by atoms with Crippen LogP contribution in [-0.2, 0) is 28.8 Å². The number of rotatable bonds is 3. The van der Waals surface area contributed by atoms with Crippen LogP contribution in [0.25, 0.3) is 33.3 Å². The molecule has 0 saturated heterocycles. The summed E-state index contributed by atoms with van der Waals surface area (Å²) in [6.45, 7) is 1.08. The molecule has 4 aromatic heterocycles. The highest BCUT2D eigenvalue weighted by Crippen LogP contribution is 2.40. The van der Waals surface area contributed by atoms with E-state index in [1.54, 1.807) is 37.3 Å². The SMILES string of the molecule is COCCn1cc2c(n1)N(C)C(=O)CCCn1cc(c(C(F)(F)F)n1)-c1c[nH]c3ncc-2cc13. The minimum absolute atomic E-state index is 0.0331. The molecule has 5 rings (SSSR count). The Bertz CT molecular complexity index is 1370. The van der Waals surface area contributed by atoms with E-state index >= 15 is 0 Å². The number of carbonyl (C=O) groups is 1. The van der Waals surface area contributed by atoms with E-state index < -0.39 is 11.9 Å². The second-order valence-electron chi connectivity index (χ2n) is 8.15. The zero-order chi connectivity index (χ0) is 24.0. The monoisotopic (exact) mass is 473 g/mol. The van der Waals surface area contributed by atoms with Crippen LogP contribution in [0.1, 0.15) is 18.5 Å². The fourth-order valence-corrected chi connectivity index (χ4v) is 4.16. The van der Waals surface area contributed by atoms with Gasteiger partial charge in [0, 0.05) is 79.6 Å². The van der Waals surface area contributed by atoms with Crippen LogP contribution in [-0.4, -0.2) is 56.2 Å². The minimum atomic E-state index is -4.63. The van der Waals surface area contributed by atoms with Gasteiger partial charge in [0.2, 0.25) is 5.91 Å². The fraction of sp³-hybridized carbons (Fsp3) is 0.364. The molecule has 0 aromatic carbocycles. The fourth-order valence-electron chi connectivity index (χ4n) is 4.16. The number of nitrogens with one attached hydrogen (secondary N) is 1. The molecule has 9 nitrogen and oxygen atoms in total. The van der Waals surface area contributed by atoms with Crippen LogP contribution < -0.4 is 4.90 Å². The van der Waals surface area contributed by atoms with Crippen molar-refractivity contribution in [1.82, 2.24) is 29.5 Å². The first kappa shape index (κ1) is 22.1. The van der Waals surface area contributed by atoms with Gasteiger partial charge in [-0.1, -0.05) is 0 Å². The number of aryl methyl sites for hydroxylation is 1. The molecule has 5 heterocycles. The molecule has 0 radical (unpaired) electrons. The normalized spacial score (nSPS) is 14.6. The molecule has 0 saturated carbocycles. The van der Waals surface area contributed by atoms with E-state index in [1.807, 2.05) is 0 Å². The molecule has 34 heavy (non-hydrogen) atoms. The number of halogens is 3. The Labute approximate surface area is 192 Å². The number of amides is 1. The van der Waals surface area contributed by atoms with Gasteiger partial charge in [0.05, 0.1) is 13.2 Å². The number of fused-ring (bicyclic) bond motifs is 6. The third-order valence-electron chi connectivity index (χ3n) is 5.90. The van der Waals surface area contributed by atoms with Crippen molar-refractivity contribution in [2.45, 2.75) is 32.1 Å². The predicted molar refractivity (Wildman–Crippen MR) is 118 cm³/mol. The van der Waals surface area contributed by atoms with E-state index in [0.717, 1.165) is 0 Å². The van der Waals surface area contributed by atoms with Gasteiger partial charge in [-0.2, -0.15) is 23.4 Å². The van der Waals surface area contributed by atoms with Crippen molar-refractivity contribution in [3.05, 3.63) is 36.5 Å². The number of aromatic nitrogens is 6. The molecule has 4 aromatic rings. The average Bonchev–Trinajstić information content (AvgIpc) is 3.52. The maximum atomic E-state index is 13.8. The summed E-state index contributed by atoms with van der Waals surface area (Å²) in [7, 11) is 3.23. The van der Waals surface area contributed by atoms with E-state index in [9.17, 15) is 18.0 Å². The standard InChI is InChI=1S/C22H22F3N7O2/c1-30-18(33)4-3-5-31-12-17(19(28-31)22(23,24)25)15-10-27-20-14(15)8-13(9-26-20)16-11-32(6-7-34-2)29-21(16)30/h8-12H,3-7H2,1-2H3,(H,26,27). The van der Waals surface area contributed by atoms with Crippen molar-refractivity contribution < 1.29 is 22.7 Å². The Kier molecular flexibility index (Phi) is 5.39. The van der Waals surface area contributed by atoms with Crippen LogP contribution in [0.5, 0.6) is 0 Å². The van der Waals surface area contributed by atoms with Crippen molar-refractivity contribution >= 4 is 22.8 Å². The number of ether oxygens (including phenoxy) is 1. The lowest BCUT2D eigenvalue weighted by Crippen LogP contribution is -2.27. The van der Waals surface area contributed by atoms with Gasteiger partial charge in [0.1, 0.15) is 5.65 Å². The van der Waals surface area contributed by atoms with Gasteiger partial charge < -0.3 is 9.72 Å². The molecule has 0 atom stereocenters. The van der Waals surface area contributed by atoms with Crippen molar-refractivity contribution in [2.75, 3.05) is 25.7 Å². The highest BCUT2D eigenvalue weighted by molar-refractivity contribution is 5.99. The third-order valence-corrected chi connectivity index (χ3v) is 5.90. The van der Waals surface area contributed by atoms with E-state index in [-0.39, 0.29) is 24.4 Å². The van der Waals surface area contributed by atoms with Gasteiger partial charge in [0.15, 0.2) is 11.5 Å². The average molecular weight is 473 g/mol. The summed E-state index contributed by atoms with van der Waals surface area (Å²) in [6, 6.07) is 1.76. The van der Waals surface area contributed by atoms with Crippen LogP contribution in [0.2, 0.25) is 0 Å². The molecule has 0 spiro atoms. The molecular weight excluding hydrogens is 451 g/mol. The molecule has 1 N–H and O–H groups in total. The van der Waals surface area contributed by atoms with Gasteiger partial charge in [0.25, 0.3) is 0 Å². The Morgan fingerprint density at radius 2 is 2.00 bits per heavy atom. The van der Waals surface area contributed by atoms with Crippen LogP contribution in [0.4, 0.5) is 19.0 Å². The first-order valence-electron chi connectivity index (χ1n) is 10.7. The highest BCUT2D eigenvalue weighted by atomic mass is 19.4. The van der Waals surface area contributed by atoms with Gasteiger partial charge in [-0.3, -0.25) is 19.1 Å². The number of alkyl halides is 3. The Hall–Kier alpha value is -3.67. The summed E-state index contributed by atoms with van der Waals surface area (Å²) in [6.07, 6.45) is 2.13. The molecule has 12 heteroatoms. The number of methoxy groups -OCH3 is 1. The van der Waals surface area contributed by atoms with Gasteiger partial charge in [-0.15, -0.1) is 0 Å². The summed E-state index contributed by atoms with van der Waals surface area (Å²) in [5.74, 6) is 0.251. The van der Waals surface area contributed by atoms with Crippen LogP contribution in [0.3, 0.4) is 0 Å². The van der Waals surface area contributed by atoms with Crippen molar-refractivity contribution in [2.24, 2.45) is 0 Å². The summed E-state index contributed by atoms with van der Waals surface area (Å²) in [4.78, 5) is 21.8. The second-order valence-corrected chi connectivity index (χ2v) is 8.15. The number of aromatic amines is 1. The van der Waals surface area contributed by atoms with Gasteiger partial charge >= 0.3 is 6.18 Å². The third kappa shape index (κ3) is 3.83. The summed E-state index contributed by atoms with van der Waals surface area (Å²) in [5.41, 5.74) is 1.09. The van der Waals surface area contributed by atoms with E-state index in [4.69, 9.17) is 4.74 Å². The second kappa shape index (κ2) is 8.28. The summed E-state index contributed by atoms with van der Waals surface area (Å²) >= 11 is 0. The molecule has 178 valence electrons. The van der Waals surface area contributed by atoms with Crippen LogP contribution in [0, 0.1) is 0 Å². The zero-order valence-electron chi connectivity index (χ0n) is 18.6. The summed E-state index contributed by atoms with van der Waals surface area (Å²) < 4.78 is 49.6. The number of carbonyl (C=O) groups excluding carboxylic acids is 1. The molecule has 0 fully saturated rings. The molecule has 0 unspecified atom stereocenters. The molecule has 0 aliphatic carbocycles. The summed E-state index contributed by atoms with van der Waals surface area (Å²) in [5, 5.41) is 8.89. The number of pyridine rings is 1. The van der Waals surface area contributed by atoms with E-state index in [1.165, 1.54) is 22.0 Å². The molecule has 1 aliphatic heterocycles. The van der Waals surface area contributed by atoms with Crippen molar-refractivity contribution in [3.63, 3.8) is 0 Å². The molecule has 1 amide bonds. The topological polar surface area (TPSA) is 93.9 Å². The number of hydrogen-bond donors (Lipinski definition) is 1. The lowest BCUT2D eigenvalue weighted by molar-refractivity contribution is -0.141. The largest absolute Gasteiger partial charge is 0.435 e. The van der Waals surface area contributed by atoms with Crippen molar-refractivity contribution in [1.29, 1.82) is 0 Å². The number of hydrogen-bond acceptors (Lipinski definition) is 5. The Morgan fingerprint density at radius 3 is 2.76 bits per heavy atom. The van der Waals surface area contributed by atoms with Crippen molar-refractivity contribution in [3.8, 4) is 22.3 Å². The van der Waals surface area contributed by atoms with E-state index in [2.05, 4.69) is 20.2 Å². The Balaban J connectivity index is 1.73. The molecular formula is C22H22F3N7O2. The number of H-pyrrole nitrogens is 1. The molecule has 1 aliphatic rings. The first-order valence-corrected chi connectivity index (χ1v) is 10.7. The van der Waals surface area contributed by atoms with Crippen LogP contribution in [0.15, 0.2) is 30.9 Å². The first-order chi connectivity index (χ1) is 16.3. The smallest absolute Gasteiger partial charge is 0.383 e. The quantitative estimate of drug-likeness (QED) is 0.490. The predicted octanol–water partition coefficient (Wildman–Crippen LogP) is 3.71. The zero-order valence-corrected chi connectivity index (χ0v) is 18.6.